The van der Waals surface area contributed by atoms with E-state index in [1.165, 1.54) is 25.3 Å². The maximum absolute atomic E-state index is 13.3. The SMILES string of the molecule is COc1ccc(F)cc1-c1nc(C)c(C)nc1Cl. The zero-order valence-corrected chi connectivity index (χ0v) is 11.0. The van der Waals surface area contributed by atoms with Gasteiger partial charge in [0.15, 0.2) is 5.15 Å². The molecule has 0 fully saturated rings. The summed E-state index contributed by atoms with van der Waals surface area (Å²) in [5.74, 6) is 0.137. The zero-order chi connectivity index (χ0) is 13.3. The standard InChI is InChI=1S/C13H12ClFN2O/c1-7-8(2)17-13(14)12(16-7)10-6-9(15)4-5-11(10)18-3/h4-6H,1-3H3. The largest absolute Gasteiger partial charge is 0.496 e. The number of methoxy groups -OCH3 is 1. The maximum Gasteiger partial charge on any atom is 0.155 e. The summed E-state index contributed by atoms with van der Waals surface area (Å²) in [6, 6.07) is 4.20. The lowest BCUT2D eigenvalue weighted by Gasteiger charge is -2.10. The molecule has 3 nitrogen and oxygen atoms in total. The van der Waals surface area contributed by atoms with E-state index in [4.69, 9.17) is 16.3 Å². The highest BCUT2D eigenvalue weighted by molar-refractivity contribution is 6.31. The van der Waals surface area contributed by atoms with Gasteiger partial charge in [-0.25, -0.2) is 14.4 Å². The number of aryl methyl sites for hydroxylation is 2. The summed E-state index contributed by atoms with van der Waals surface area (Å²) < 4.78 is 18.5. The van der Waals surface area contributed by atoms with Crippen LogP contribution in [-0.4, -0.2) is 17.1 Å². The van der Waals surface area contributed by atoms with Crippen molar-refractivity contribution in [1.82, 2.24) is 9.97 Å². The predicted molar refractivity (Wildman–Crippen MR) is 68.5 cm³/mol. The molecule has 18 heavy (non-hydrogen) atoms. The average molecular weight is 267 g/mol. The van der Waals surface area contributed by atoms with E-state index in [1.54, 1.807) is 0 Å². The number of nitrogens with zero attached hydrogens (tertiary/aromatic N) is 2. The summed E-state index contributed by atoms with van der Waals surface area (Å²) >= 11 is 6.07. The van der Waals surface area contributed by atoms with Gasteiger partial charge < -0.3 is 4.74 Å². The van der Waals surface area contributed by atoms with E-state index in [0.29, 0.717) is 17.0 Å². The fourth-order valence-electron chi connectivity index (χ4n) is 1.61. The van der Waals surface area contributed by atoms with Gasteiger partial charge in [0.1, 0.15) is 17.3 Å². The molecular formula is C13H12ClFN2O. The van der Waals surface area contributed by atoms with Crippen LogP contribution in [0.2, 0.25) is 5.15 Å². The van der Waals surface area contributed by atoms with Gasteiger partial charge in [-0.15, -0.1) is 0 Å². The van der Waals surface area contributed by atoms with Crippen LogP contribution in [0.25, 0.3) is 11.3 Å². The first kappa shape index (κ1) is 12.8. The lowest BCUT2D eigenvalue weighted by atomic mass is 10.1. The normalized spacial score (nSPS) is 10.5. The molecular weight excluding hydrogens is 255 g/mol. The van der Waals surface area contributed by atoms with Gasteiger partial charge in [0.2, 0.25) is 0 Å². The fraction of sp³-hybridized carbons (Fsp3) is 0.231. The molecule has 5 heteroatoms. The molecule has 0 bridgehead atoms. The molecule has 1 aromatic heterocycles. The zero-order valence-electron chi connectivity index (χ0n) is 10.3. The maximum atomic E-state index is 13.3. The van der Waals surface area contributed by atoms with E-state index in [1.807, 2.05) is 13.8 Å². The number of rotatable bonds is 2. The van der Waals surface area contributed by atoms with Gasteiger partial charge in [0.25, 0.3) is 0 Å². The number of hydrogen-bond donors (Lipinski definition) is 0. The van der Waals surface area contributed by atoms with Crippen molar-refractivity contribution in [3.05, 3.63) is 40.6 Å². The van der Waals surface area contributed by atoms with E-state index in [0.717, 1.165) is 11.4 Å². The minimum Gasteiger partial charge on any atom is -0.496 e. The molecule has 0 aliphatic carbocycles. The van der Waals surface area contributed by atoms with Crippen molar-refractivity contribution in [1.29, 1.82) is 0 Å². The molecule has 1 heterocycles. The minimum atomic E-state index is -0.373. The van der Waals surface area contributed by atoms with Gasteiger partial charge in [0.05, 0.1) is 18.5 Å². The highest BCUT2D eigenvalue weighted by Gasteiger charge is 2.14. The second-order valence-corrected chi connectivity index (χ2v) is 4.24. The molecule has 0 saturated carbocycles. The van der Waals surface area contributed by atoms with Crippen LogP contribution < -0.4 is 4.74 Å². The second kappa shape index (κ2) is 4.90. The molecule has 0 unspecified atom stereocenters. The molecule has 0 atom stereocenters. The van der Waals surface area contributed by atoms with Crippen molar-refractivity contribution in [2.24, 2.45) is 0 Å². The molecule has 0 N–H and O–H groups in total. The molecule has 2 rings (SSSR count). The number of halogens is 2. The number of ether oxygens (including phenoxy) is 1. The van der Waals surface area contributed by atoms with Crippen LogP contribution in [0.4, 0.5) is 4.39 Å². The van der Waals surface area contributed by atoms with Crippen molar-refractivity contribution in [2.75, 3.05) is 7.11 Å². The van der Waals surface area contributed by atoms with E-state index < -0.39 is 0 Å². The Morgan fingerprint density at radius 3 is 2.50 bits per heavy atom. The van der Waals surface area contributed by atoms with Crippen molar-refractivity contribution < 1.29 is 9.13 Å². The lowest BCUT2D eigenvalue weighted by Crippen LogP contribution is -1.98. The Morgan fingerprint density at radius 2 is 1.83 bits per heavy atom. The summed E-state index contributed by atoms with van der Waals surface area (Å²) in [4.78, 5) is 8.53. The second-order valence-electron chi connectivity index (χ2n) is 3.88. The van der Waals surface area contributed by atoms with Crippen LogP contribution in [0.1, 0.15) is 11.4 Å². The first-order valence-electron chi connectivity index (χ1n) is 5.37. The van der Waals surface area contributed by atoms with Crippen molar-refractivity contribution in [3.8, 4) is 17.0 Å². The van der Waals surface area contributed by atoms with Crippen LogP contribution in [0, 0.1) is 19.7 Å². The summed E-state index contributed by atoms with van der Waals surface area (Å²) in [5, 5.41) is 0.238. The Balaban J connectivity index is 2.68. The van der Waals surface area contributed by atoms with E-state index >= 15 is 0 Å². The Labute approximate surface area is 110 Å². The summed E-state index contributed by atoms with van der Waals surface area (Å²) in [5.41, 5.74) is 2.43. The molecule has 0 amide bonds. The third-order valence-corrected chi connectivity index (χ3v) is 2.94. The first-order valence-corrected chi connectivity index (χ1v) is 5.75. The minimum absolute atomic E-state index is 0.238. The topological polar surface area (TPSA) is 35.0 Å². The Kier molecular flexibility index (Phi) is 3.48. The average Bonchev–Trinajstić information content (AvgIpc) is 2.34. The van der Waals surface area contributed by atoms with E-state index in [-0.39, 0.29) is 11.0 Å². The van der Waals surface area contributed by atoms with Crippen LogP contribution in [-0.2, 0) is 0 Å². The fourth-order valence-corrected chi connectivity index (χ4v) is 1.88. The van der Waals surface area contributed by atoms with Gasteiger partial charge in [-0.3, -0.25) is 0 Å². The van der Waals surface area contributed by atoms with Crippen molar-refractivity contribution in [2.45, 2.75) is 13.8 Å². The number of hydrogen-bond acceptors (Lipinski definition) is 3. The third-order valence-electron chi connectivity index (χ3n) is 2.68. The Morgan fingerprint density at radius 1 is 1.17 bits per heavy atom. The van der Waals surface area contributed by atoms with Crippen molar-refractivity contribution in [3.63, 3.8) is 0 Å². The molecule has 0 aliphatic rings. The van der Waals surface area contributed by atoms with Crippen LogP contribution in [0.5, 0.6) is 5.75 Å². The monoisotopic (exact) mass is 266 g/mol. The quantitative estimate of drug-likeness (QED) is 0.834. The molecule has 0 radical (unpaired) electrons. The Hall–Kier alpha value is -1.68. The lowest BCUT2D eigenvalue weighted by molar-refractivity contribution is 0.415. The molecule has 2 aromatic rings. The van der Waals surface area contributed by atoms with Crippen LogP contribution in [0.15, 0.2) is 18.2 Å². The highest BCUT2D eigenvalue weighted by Crippen LogP contribution is 2.33. The van der Waals surface area contributed by atoms with Crippen molar-refractivity contribution >= 4 is 11.6 Å². The number of benzene rings is 1. The summed E-state index contributed by atoms with van der Waals surface area (Å²) in [6.45, 7) is 3.65. The smallest absolute Gasteiger partial charge is 0.155 e. The van der Waals surface area contributed by atoms with Gasteiger partial charge in [-0.05, 0) is 32.0 Å². The van der Waals surface area contributed by atoms with Gasteiger partial charge >= 0.3 is 0 Å². The van der Waals surface area contributed by atoms with Crippen LogP contribution >= 0.6 is 11.6 Å². The van der Waals surface area contributed by atoms with E-state index in [9.17, 15) is 4.39 Å². The third kappa shape index (κ3) is 2.29. The Bertz CT molecular complexity index is 602. The van der Waals surface area contributed by atoms with Gasteiger partial charge in [-0.1, -0.05) is 11.6 Å². The predicted octanol–water partition coefficient (Wildman–Crippen LogP) is 3.56. The molecule has 0 spiro atoms. The summed E-state index contributed by atoms with van der Waals surface area (Å²) in [6.07, 6.45) is 0. The molecule has 0 aliphatic heterocycles. The molecule has 1 aromatic carbocycles. The van der Waals surface area contributed by atoms with Crippen LogP contribution in [0.3, 0.4) is 0 Å². The number of aromatic nitrogens is 2. The highest BCUT2D eigenvalue weighted by atomic mass is 35.5. The van der Waals surface area contributed by atoms with Gasteiger partial charge in [0, 0.05) is 5.56 Å². The van der Waals surface area contributed by atoms with E-state index in [2.05, 4.69) is 9.97 Å². The molecule has 0 saturated heterocycles. The first-order chi connectivity index (χ1) is 8.52. The molecule has 94 valence electrons. The van der Waals surface area contributed by atoms with Gasteiger partial charge in [-0.2, -0.15) is 0 Å². The summed E-state index contributed by atoms with van der Waals surface area (Å²) in [7, 11) is 1.51.